The fraction of sp³-hybridized carbons (Fsp3) is 0.741. The van der Waals surface area contributed by atoms with E-state index in [0.717, 1.165) is 24.3 Å². The van der Waals surface area contributed by atoms with Gasteiger partial charge >= 0.3 is 8.60 Å². The summed E-state index contributed by atoms with van der Waals surface area (Å²) in [7, 11) is -0.191. The molecule has 0 spiro atoms. The fourth-order valence-corrected chi connectivity index (χ4v) is 4.37. The minimum Gasteiger partial charge on any atom is -0.494 e. The minimum absolute atomic E-state index is 0.0672. The zero-order valence-corrected chi connectivity index (χ0v) is 22.8. The van der Waals surface area contributed by atoms with Crippen LogP contribution in [-0.4, -0.2) is 50.9 Å². The molecule has 0 amide bonds. The Labute approximate surface area is 214 Å². The van der Waals surface area contributed by atoms with Gasteiger partial charge in [0.05, 0.1) is 19.8 Å². The van der Waals surface area contributed by atoms with E-state index in [9.17, 15) is 9.69 Å². The van der Waals surface area contributed by atoms with Crippen molar-refractivity contribution in [2.45, 2.75) is 96.5 Å². The van der Waals surface area contributed by atoms with Gasteiger partial charge in [0, 0.05) is 13.0 Å². The molecule has 0 saturated heterocycles. The molecule has 7 nitrogen and oxygen atoms in total. The Morgan fingerprint density at radius 1 is 0.886 bits per heavy atom. The molecule has 0 saturated carbocycles. The molecule has 8 heteroatoms. The van der Waals surface area contributed by atoms with E-state index in [-0.39, 0.29) is 6.61 Å². The molecular weight excluding hydrogens is 465 g/mol. The molecule has 35 heavy (non-hydrogen) atoms. The lowest BCUT2D eigenvalue weighted by Gasteiger charge is -2.17. The average molecular weight is 514 g/mol. The molecule has 1 aromatic carbocycles. The summed E-state index contributed by atoms with van der Waals surface area (Å²) in [6, 6.07) is 7.80. The molecule has 0 aliphatic rings. The summed E-state index contributed by atoms with van der Waals surface area (Å²) >= 11 is 0. The van der Waals surface area contributed by atoms with E-state index >= 15 is 0 Å². The van der Waals surface area contributed by atoms with Crippen LogP contribution >= 0.6 is 8.60 Å². The van der Waals surface area contributed by atoms with E-state index in [1.807, 2.05) is 24.3 Å². The molecule has 0 aromatic heterocycles. The maximum atomic E-state index is 10.8. The maximum Gasteiger partial charge on any atom is 0.330 e. The third kappa shape index (κ3) is 18.7. The number of rotatable bonds is 25. The molecular formula is C27H48NO6P. The number of nitrogens with one attached hydrogen (secondary N) is 1. The fourth-order valence-electron chi connectivity index (χ4n) is 3.75. The van der Waals surface area contributed by atoms with E-state index in [0.29, 0.717) is 26.0 Å². The van der Waals surface area contributed by atoms with Gasteiger partial charge in [-0.3, -0.25) is 4.79 Å². The predicted molar refractivity (Wildman–Crippen MR) is 143 cm³/mol. The molecule has 1 rings (SSSR count). The monoisotopic (exact) mass is 513 g/mol. The molecule has 0 radical (unpaired) electrons. The van der Waals surface area contributed by atoms with Crippen molar-refractivity contribution in [1.82, 2.24) is 5.32 Å². The van der Waals surface area contributed by atoms with Crippen LogP contribution in [0.5, 0.6) is 5.75 Å². The topological polar surface area (TPSA) is 86.2 Å². The zero-order valence-electron chi connectivity index (χ0n) is 21.9. The Morgan fingerprint density at radius 3 is 2.06 bits per heavy atom. The highest BCUT2D eigenvalue weighted by Gasteiger charge is 2.15. The number of hydrogen-bond acceptors (Lipinski definition) is 7. The first kappa shape index (κ1) is 31.8. The molecule has 1 aromatic rings. The van der Waals surface area contributed by atoms with E-state index < -0.39 is 14.7 Å². The first-order chi connectivity index (χ1) is 17.2. The Bertz CT molecular complexity index is 604. The second kappa shape index (κ2) is 23.2. The quantitative estimate of drug-likeness (QED) is 0.0898. The minimum atomic E-state index is -1.99. The van der Waals surface area contributed by atoms with E-state index in [2.05, 4.69) is 12.2 Å². The summed E-state index contributed by atoms with van der Waals surface area (Å²) in [5, 5.41) is 2.92. The Hall–Kier alpha value is -1.24. The number of carbonyl (C=O) groups excluding carboxylic acids is 1. The summed E-state index contributed by atoms with van der Waals surface area (Å²) in [5.41, 5.74) is 0.997. The van der Waals surface area contributed by atoms with Crippen molar-refractivity contribution in [3.63, 3.8) is 0 Å². The zero-order chi connectivity index (χ0) is 25.4. The highest BCUT2D eigenvalue weighted by Crippen LogP contribution is 2.32. The van der Waals surface area contributed by atoms with Gasteiger partial charge in [-0.1, -0.05) is 89.7 Å². The number of hydrogen-bond donors (Lipinski definition) is 2. The van der Waals surface area contributed by atoms with Crippen molar-refractivity contribution in [3.05, 3.63) is 29.8 Å². The van der Waals surface area contributed by atoms with Gasteiger partial charge in [-0.2, -0.15) is 0 Å². The Kier molecular flexibility index (Phi) is 21.1. The van der Waals surface area contributed by atoms with Crippen LogP contribution < -0.4 is 10.1 Å². The van der Waals surface area contributed by atoms with Gasteiger partial charge in [0.15, 0.2) is 0 Å². The lowest BCUT2D eigenvalue weighted by atomic mass is 10.1. The molecule has 0 bridgehead atoms. The summed E-state index contributed by atoms with van der Waals surface area (Å²) in [6.07, 6.45) is 16.0. The second-order valence-electron chi connectivity index (χ2n) is 8.91. The average Bonchev–Trinajstić information content (AvgIpc) is 2.86. The smallest absolute Gasteiger partial charge is 0.330 e. The molecule has 2 atom stereocenters. The van der Waals surface area contributed by atoms with Crippen LogP contribution in [0.2, 0.25) is 0 Å². The summed E-state index contributed by atoms with van der Waals surface area (Å²) in [5.74, 6) is 0.845. The van der Waals surface area contributed by atoms with Crippen molar-refractivity contribution in [3.8, 4) is 5.75 Å². The second-order valence-corrected chi connectivity index (χ2v) is 9.90. The van der Waals surface area contributed by atoms with Gasteiger partial charge < -0.3 is 28.7 Å². The van der Waals surface area contributed by atoms with Crippen LogP contribution in [0.3, 0.4) is 0 Å². The molecule has 0 heterocycles. The molecule has 2 N–H and O–H groups in total. The van der Waals surface area contributed by atoms with Crippen molar-refractivity contribution < 1.29 is 28.2 Å². The van der Waals surface area contributed by atoms with Gasteiger partial charge in [-0.25, -0.2) is 0 Å². The van der Waals surface area contributed by atoms with Crippen LogP contribution in [0.1, 0.15) is 89.5 Å². The first-order valence-electron chi connectivity index (χ1n) is 13.4. The van der Waals surface area contributed by atoms with Crippen LogP contribution in [-0.2, 0) is 25.0 Å². The van der Waals surface area contributed by atoms with Gasteiger partial charge in [0.1, 0.15) is 11.9 Å². The highest BCUT2D eigenvalue weighted by molar-refractivity contribution is 7.40. The third-order valence-corrected chi connectivity index (χ3v) is 6.60. The van der Waals surface area contributed by atoms with E-state index in [1.54, 1.807) is 7.05 Å². The summed E-state index contributed by atoms with van der Waals surface area (Å²) in [4.78, 5) is 20.6. The van der Waals surface area contributed by atoms with Crippen LogP contribution in [0.15, 0.2) is 24.3 Å². The van der Waals surface area contributed by atoms with Crippen LogP contribution in [0.25, 0.3) is 0 Å². The third-order valence-electron chi connectivity index (χ3n) is 5.83. The Morgan fingerprint density at radius 2 is 1.49 bits per heavy atom. The van der Waals surface area contributed by atoms with Gasteiger partial charge in [-0.05, 0) is 31.2 Å². The van der Waals surface area contributed by atoms with Crippen molar-refractivity contribution >= 4 is 15.1 Å². The molecule has 202 valence electrons. The SMILES string of the molecule is CCCCCCCCCCCCCCOc1ccc(CC(COP(O)OCCNC)OC=O)cc1. The van der Waals surface area contributed by atoms with Crippen molar-refractivity contribution in [2.24, 2.45) is 0 Å². The predicted octanol–water partition coefficient (Wildman–Crippen LogP) is 6.32. The number of unbranched alkanes of at least 4 members (excludes halogenated alkanes) is 11. The van der Waals surface area contributed by atoms with Gasteiger partial charge in [0.2, 0.25) is 0 Å². The number of benzene rings is 1. The number of likely N-dealkylation sites (N-methyl/N-ethyl adjacent to an activating group) is 1. The molecule has 0 aliphatic carbocycles. The number of carbonyl (C=O) groups is 1. The molecule has 0 fully saturated rings. The maximum absolute atomic E-state index is 10.8. The molecule has 0 aliphatic heterocycles. The first-order valence-corrected chi connectivity index (χ1v) is 14.5. The lowest BCUT2D eigenvalue weighted by Crippen LogP contribution is -2.21. The van der Waals surface area contributed by atoms with E-state index in [1.165, 1.54) is 70.6 Å². The van der Waals surface area contributed by atoms with Crippen molar-refractivity contribution in [1.29, 1.82) is 0 Å². The van der Waals surface area contributed by atoms with E-state index in [4.69, 9.17) is 18.5 Å². The Balaban J connectivity index is 2.12. The van der Waals surface area contributed by atoms with Gasteiger partial charge in [0.25, 0.3) is 6.47 Å². The van der Waals surface area contributed by atoms with Crippen LogP contribution in [0, 0.1) is 0 Å². The largest absolute Gasteiger partial charge is 0.494 e. The molecule has 2 unspecified atom stereocenters. The lowest BCUT2D eigenvalue weighted by molar-refractivity contribution is -0.135. The highest BCUT2D eigenvalue weighted by atomic mass is 31.2. The van der Waals surface area contributed by atoms with Crippen LogP contribution in [0.4, 0.5) is 0 Å². The van der Waals surface area contributed by atoms with Crippen molar-refractivity contribution in [2.75, 3.05) is 33.4 Å². The summed E-state index contributed by atoms with van der Waals surface area (Å²) < 4.78 is 21.4. The number of ether oxygens (including phenoxy) is 2. The van der Waals surface area contributed by atoms with Gasteiger partial charge in [-0.15, -0.1) is 0 Å². The normalized spacial score (nSPS) is 12.9. The summed E-state index contributed by atoms with van der Waals surface area (Å²) in [6.45, 7) is 4.43. The standard InChI is InChI=1S/C27H48NO6P/c1-3-4-5-6-7-8-9-10-11-12-13-14-20-31-26-17-15-25(16-18-26)22-27(32-24-29)23-34-35(30)33-21-19-28-2/h15-18,24,27-28,30H,3-14,19-23H2,1-2H3.